The van der Waals surface area contributed by atoms with Crippen molar-refractivity contribution in [2.24, 2.45) is 5.41 Å². The van der Waals surface area contributed by atoms with E-state index in [0.717, 1.165) is 19.3 Å². The van der Waals surface area contributed by atoms with E-state index >= 15 is 0 Å². The summed E-state index contributed by atoms with van der Waals surface area (Å²) in [6.07, 6.45) is 7.18. The lowest BCUT2D eigenvalue weighted by atomic mass is 9.78. The van der Waals surface area contributed by atoms with E-state index in [-0.39, 0.29) is 29.5 Å². The van der Waals surface area contributed by atoms with E-state index in [1.54, 1.807) is 35.2 Å². The molecule has 9 nitrogen and oxygen atoms in total. The zero-order valence-electron chi connectivity index (χ0n) is 20.4. The Bertz CT molecular complexity index is 1140. The van der Waals surface area contributed by atoms with Gasteiger partial charge in [-0.25, -0.2) is 0 Å². The normalized spacial score (nSPS) is 17.0. The Hall–Kier alpha value is -3.46. The molecule has 192 valence electrons. The van der Waals surface area contributed by atoms with Gasteiger partial charge in [0, 0.05) is 32.3 Å². The second kappa shape index (κ2) is 11.1. The number of methoxy groups -OCH3 is 2. The number of nitrogens with zero attached hydrogens (tertiary/aromatic N) is 2. The van der Waals surface area contributed by atoms with Crippen molar-refractivity contribution in [3.05, 3.63) is 53.0 Å². The topological polar surface area (TPSA) is 101 Å². The lowest BCUT2D eigenvalue weighted by Crippen LogP contribution is -2.47. The van der Waals surface area contributed by atoms with Crippen LogP contribution < -0.4 is 14.8 Å². The molecule has 1 spiro atoms. The number of likely N-dealkylation sites (tertiary alicyclic amines) is 2. The Morgan fingerprint density at radius 1 is 1.08 bits per heavy atom. The summed E-state index contributed by atoms with van der Waals surface area (Å²) < 4.78 is 15.6. The Balaban J connectivity index is 1.28. The summed E-state index contributed by atoms with van der Waals surface area (Å²) in [5.74, 6) is 0.531. The minimum absolute atomic E-state index is 0.0126. The zero-order chi connectivity index (χ0) is 25.7. The van der Waals surface area contributed by atoms with E-state index in [2.05, 4.69) is 5.32 Å². The number of ether oxygens (including phenoxy) is 2. The number of piperidine rings is 1. The summed E-state index contributed by atoms with van der Waals surface area (Å²) in [6, 6.07) is 6.70. The van der Waals surface area contributed by atoms with Crippen LogP contribution in [-0.4, -0.2) is 74.5 Å². The molecule has 0 radical (unpaired) electrons. The quantitative estimate of drug-likeness (QED) is 0.568. The number of halogens is 1. The minimum atomic E-state index is -0.408. The first-order valence-corrected chi connectivity index (χ1v) is 12.2. The van der Waals surface area contributed by atoms with Crippen molar-refractivity contribution in [1.29, 1.82) is 0 Å². The Kier molecular flexibility index (Phi) is 7.88. The second-order valence-electron chi connectivity index (χ2n) is 9.09. The molecule has 1 aromatic carbocycles. The first-order chi connectivity index (χ1) is 17.4. The van der Waals surface area contributed by atoms with Gasteiger partial charge < -0.3 is 29.0 Å². The summed E-state index contributed by atoms with van der Waals surface area (Å²) in [6.45, 7) is 2.48. The number of amides is 3. The van der Waals surface area contributed by atoms with E-state index in [0.29, 0.717) is 48.3 Å². The molecule has 3 amide bonds. The SMILES string of the molecule is COc1ccc(/C=C/C(=O)N2CCC3(CCN(C(=O)CNC(=O)c4ccco4)CC3)C2)c(Cl)c1OC. The van der Waals surface area contributed by atoms with E-state index < -0.39 is 5.91 Å². The van der Waals surface area contributed by atoms with E-state index in [9.17, 15) is 14.4 Å². The van der Waals surface area contributed by atoms with Crippen molar-refractivity contribution in [1.82, 2.24) is 15.1 Å². The molecule has 3 heterocycles. The predicted molar refractivity (Wildman–Crippen MR) is 134 cm³/mol. The molecule has 2 aliphatic heterocycles. The van der Waals surface area contributed by atoms with Crippen molar-refractivity contribution < 1.29 is 28.3 Å². The van der Waals surface area contributed by atoms with Crippen LogP contribution in [0.4, 0.5) is 0 Å². The molecule has 1 N–H and O–H groups in total. The van der Waals surface area contributed by atoms with Crippen LogP contribution in [0.1, 0.15) is 35.4 Å². The molecule has 10 heteroatoms. The van der Waals surface area contributed by atoms with Crippen molar-refractivity contribution >= 4 is 35.4 Å². The predicted octanol–water partition coefficient (Wildman–Crippen LogP) is 3.23. The van der Waals surface area contributed by atoms with Gasteiger partial charge in [0.05, 0.1) is 32.1 Å². The van der Waals surface area contributed by atoms with Gasteiger partial charge >= 0.3 is 0 Å². The fourth-order valence-electron chi connectivity index (χ4n) is 4.82. The van der Waals surface area contributed by atoms with Gasteiger partial charge in [-0.3, -0.25) is 14.4 Å². The highest BCUT2D eigenvalue weighted by Crippen LogP contribution is 2.41. The van der Waals surface area contributed by atoms with Gasteiger partial charge in [-0.05, 0) is 60.6 Å². The zero-order valence-corrected chi connectivity index (χ0v) is 21.2. The standard InChI is InChI=1S/C26H30ClN3O6/c1-34-19-7-5-18(23(27)24(19)35-2)6-8-21(31)30-14-11-26(17-30)9-12-29(13-10-26)22(32)16-28-25(33)20-4-3-15-36-20/h3-8,15H,9-14,16-17H2,1-2H3,(H,28,33)/b8-6+. The minimum Gasteiger partial charge on any atom is -0.493 e. The van der Waals surface area contributed by atoms with Gasteiger partial charge in [-0.15, -0.1) is 0 Å². The molecule has 0 aliphatic carbocycles. The highest BCUT2D eigenvalue weighted by Gasteiger charge is 2.42. The third-order valence-corrected chi connectivity index (χ3v) is 7.38. The van der Waals surface area contributed by atoms with Crippen LogP contribution in [-0.2, 0) is 9.59 Å². The highest BCUT2D eigenvalue weighted by atomic mass is 35.5. The van der Waals surface area contributed by atoms with E-state index in [1.807, 2.05) is 4.90 Å². The Morgan fingerprint density at radius 2 is 1.81 bits per heavy atom. The monoisotopic (exact) mass is 515 g/mol. The maximum atomic E-state index is 12.9. The average molecular weight is 516 g/mol. The van der Waals surface area contributed by atoms with Gasteiger partial charge in [0.25, 0.3) is 5.91 Å². The van der Waals surface area contributed by atoms with Crippen molar-refractivity contribution in [2.45, 2.75) is 19.3 Å². The van der Waals surface area contributed by atoms with Crippen LogP contribution in [0.2, 0.25) is 5.02 Å². The fraction of sp³-hybridized carbons (Fsp3) is 0.423. The van der Waals surface area contributed by atoms with Crippen molar-refractivity contribution in [3.63, 3.8) is 0 Å². The highest BCUT2D eigenvalue weighted by molar-refractivity contribution is 6.33. The number of nitrogens with one attached hydrogen (secondary N) is 1. The van der Waals surface area contributed by atoms with Gasteiger partial charge in [0.15, 0.2) is 17.3 Å². The molecule has 0 atom stereocenters. The van der Waals surface area contributed by atoms with E-state index in [4.69, 9.17) is 25.5 Å². The average Bonchev–Trinajstić information content (AvgIpc) is 3.57. The third-order valence-electron chi connectivity index (χ3n) is 6.99. The molecule has 2 fully saturated rings. The summed E-state index contributed by atoms with van der Waals surface area (Å²) in [4.78, 5) is 41.1. The lowest BCUT2D eigenvalue weighted by Gasteiger charge is -2.39. The fourth-order valence-corrected chi connectivity index (χ4v) is 5.12. The van der Waals surface area contributed by atoms with Crippen LogP contribution in [0.25, 0.3) is 6.08 Å². The molecule has 2 saturated heterocycles. The largest absolute Gasteiger partial charge is 0.493 e. The molecule has 4 rings (SSSR count). The molecule has 0 bridgehead atoms. The second-order valence-corrected chi connectivity index (χ2v) is 9.47. The van der Waals surface area contributed by atoms with Gasteiger partial charge in [-0.1, -0.05) is 11.6 Å². The molecule has 2 aromatic rings. The number of rotatable bonds is 7. The molecule has 0 saturated carbocycles. The summed E-state index contributed by atoms with van der Waals surface area (Å²) in [5, 5.41) is 2.99. The number of benzene rings is 1. The molecule has 0 unspecified atom stereocenters. The maximum Gasteiger partial charge on any atom is 0.287 e. The number of carbonyl (C=O) groups excluding carboxylic acids is 3. The van der Waals surface area contributed by atoms with Crippen LogP contribution in [0.3, 0.4) is 0 Å². The summed E-state index contributed by atoms with van der Waals surface area (Å²) >= 11 is 6.42. The number of hydrogen-bond acceptors (Lipinski definition) is 6. The van der Waals surface area contributed by atoms with Crippen LogP contribution in [0, 0.1) is 5.41 Å². The molecule has 36 heavy (non-hydrogen) atoms. The van der Waals surface area contributed by atoms with Crippen LogP contribution in [0.5, 0.6) is 11.5 Å². The Labute approximate surface area is 215 Å². The number of carbonyl (C=O) groups is 3. The number of hydrogen-bond donors (Lipinski definition) is 1. The summed E-state index contributed by atoms with van der Waals surface area (Å²) in [5.41, 5.74) is 0.682. The summed E-state index contributed by atoms with van der Waals surface area (Å²) in [7, 11) is 3.05. The molecular formula is C26H30ClN3O6. The van der Waals surface area contributed by atoms with Crippen LogP contribution in [0.15, 0.2) is 41.0 Å². The van der Waals surface area contributed by atoms with Gasteiger partial charge in [0.1, 0.15) is 0 Å². The molecule has 2 aliphatic rings. The van der Waals surface area contributed by atoms with Crippen LogP contribution >= 0.6 is 11.6 Å². The smallest absolute Gasteiger partial charge is 0.287 e. The van der Waals surface area contributed by atoms with Gasteiger partial charge in [-0.2, -0.15) is 0 Å². The molecular weight excluding hydrogens is 486 g/mol. The third kappa shape index (κ3) is 5.51. The number of furan rings is 1. The van der Waals surface area contributed by atoms with Gasteiger partial charge in [0.2, 0.25) is 11.8 Å². The van der Waals surface area contributed by atoms with Crippen molar-refractivity contribution in [3.8, 4) is 11.5 Å². The first-order valence-electron chi connectivity index (χ1n) is 11.8. The first kappa shape index (κ1) is 25.6. The Morgan fingerprint density at radius 3 is 2.44 bits per heavy atom. The lowest BCUT2D eigenvalue weighted by molar-refractivity contribution is -0.133. The van der Waals surface area contributed by atoms with E-state index in [1.165, 1.54) is 26.6 Å². The molecule has 1 aromatic heterocycles. The maximum absolute atomic E-state index is 12.9. The van der Waals surface area contributed by atoms with Crippen molar-refractivity contribution in [2.75, 3.05) is 46.9 Å².